The van der Waals surface area contributed by atoms with Crippen LogP contribution in [0, 0.1) is 5.82 Å². The number of benzene rings is 1. The number of aliphatic imine (C=N–C) groups is 1. The third kappa shape index (κ3) is 6.90. The molecule has 31 heavy (non-hydrogen) atoms. The first-order valence-corrected chi connectivity index (χ1v) is 12.0. The zero-order valence-electron chi connectivity index (χ0n) is 17.7. The second kappa shape index (κ2) is 11.1. The SMILES string of the molecule is CCNC(=NCc1cccc(F)c1)NCCS(=O)(=O)N1CCN(c2ccccn2)CC1. The van der Waals surface area contributed by atoms with Crippen LogP contribution in [0.3, 0.4) is 0 Å². The van der Waals surface area contributed by atoms with Crippen molar-refractivity contribution in [3.05, 3.63) is 60.0 Å². The summed E-state index contributed by atoms with van der Waals surface area (Å²) in [6.07, 6.45) is 1.74. The van der Waals surface area contributed by atoms with Gasteiger partial charge in [0.15, 0.2) is 5.96 Å². The fourth-order valence-electron chi connectivity index (χ4n) is 3.31. The molecule has 1 aliphatic rings. The summed E-state index contributed by atoms with van der Waals surface area (Å²) in [5.74, 6) is 1.04. The molecule has 0 aliphatic carbocycles. The smallest absolute Gasteiger partial charge is 0.215 e. The average molecular weight is 449 g/mol. The van der Waals surface area contributed by atoms with Crippen molar-refractivity contribution in [2.24, 2.45) is 4.99 Å². The van der Waals surface area contributed by atoms with Crippen LogP contribution in [0.2, 0.25) is 0 Å². The molecule has 0 spiro atoms. The fraction of sp³-hybridized carbons (Fsp3) is 0.429. The Morgan fingerprint density at radius 3 is 2.61 bits per heavy atom. The molecule has 0 atom stereocenters. The quantitative estimate of drug-likeness (QED) is 0.469. The van der Waals surface area contributed by atoms with Gasteiger partial charge in [0.05, 0.1) is 12.3 Å². The highest BCUT2D eigenvalue weighted by molar-refractivity contribution is 7.89. The number of halogens is 1. The molecule has 1 fully saturated rings. The molecule has 1 aliphatic heterocycles. The third-order valence-electron chi connectivity index (χ3n) is 4.91. The lowest BCUT2D eigenvalue weighted by Crippen LogP contribution is -2.50. The summed E-state index contributed by atoms with van der Waals surface area (Å²) >= 11 is 0. The number of anilines is 1. The van der Waals surface area contributed by atoms with Gasteiger partial charge in [0.1, 0.15) is 11.6 Å². The maximum atomic E-state index is 13.3. The molecule has 0 amide bonds. The minimum atomic E-state index is -3.38. The van der Waals surface area contributed by atoms with Gasteiger partial charge in [-0.25, -0.2) is 22.8 Å². The van der Waals surface area contributed by atoms with Gasteiger partial charge in [0, 0.05) is 45.5 Å². The van der Waals surface area contributed by atoms with Crippen LogP contribution in [0.1, 0.15) is 12.5 Å². The molecule has 1 aromatic heterocycles. The van der Waals surface area contributed by atoms with Gasteiger partial charge in [-0.05, 0) is 36.8 Å². The Morgan fingerprint density at radius 2 is 1.94 bits per heavy atom. The van der Waals surface area contributed by atoms with Crippen LogP contribution in [0.25, 0.3) is 0 Å². The first-order chi connectivity index (χ1) is 15.0. The fourth-order valence-corrected chi connectivity index (χ4v) is 4.65. The first-order valence-electron chi connectivity index (χ1n) is 10.4. The van der Waals surface area contributed by atoms with E-state index >= 15 is 0 Å². The normalized spacial score (nSPS) is 15.7. The summed E-state index contributed by atoms with van der Waals surface area (Å²) in [6, 6.07) is 12.0. The molecular weight excluding hydrogens is 419 g/mol. The monoisotopic (exact) mass is 448 g/mol. The van der Waals surface area contributed by atoms with Crippen LogP contribution < -0.4 is 15.5 Å². The Hall–Kier alpha value is -2.72. The highest BCUT2D eigenvalue weighted by Crippen LogP contribution is 2.14. The van der Waals surface area contributed by atoms with E-state index in [0.717, 1.165) is 11.4 Å². The molecule has 2 heterocycles. The molecule has 1 aromatic carbocycles. The topological polar surface area (TPSA) is 89.9 Å². The van der Waals surface area contributed by atoms with Gasteiger partial charge in [-0.3, -0.25) is 0 Å². The van der Waals surface area contributed by atoms with Gasteiger partial charge < -0.3 is 15.5 Å². The molecular formula is C21H29FN6O2S. The van der Waals surface area contributed by atoms with Crippen molar-refractivity contribution < 1.29 is 12.8 Å². The van der Waals surface area contributed by atoms with Crippen LogP contribution >= 0.6 is 0 Å². The molecule has 0 bridgehead atoms. The van der Waals surface area contributed by atoms with Crippen molar-refractivity contribution in [3.63, 3.8) is 0 Å². The van der Waals surface area contributed by atoms with Crippen LogP contribution in [0.15, 0.2) is 53.7 Å². The molecule has 168 valence electrons. The molecule has 3 rings (SSSR count). The van der Waals surface area contributed by atoms with E-state index in [1.54, 1.807) is 18.3 Å². The summed E-state index contributed by atoms with van der Waals surface area (Å²) in [5, 5.41) is 6.13. The number of sulfonamides is 1. The van der Waals surface area contributed by atoms with E-state index in [-0.39, 0.29) is 18.1 Å². The van der Waals surface area contributed by atoms with Gasteiger partial charge in [-0.2, -0.15) is 4.31 Å². The van der Waals surface area contributed by atoms with E-state index in [2.05, 4.69) is 25.5 Å². The molecule has 2 aromatic rings. The standard InChI is InChI=1S/C21H29FN6O2S/c1-2-23-21(26-17-18-6-5-7-19(22)16-18)25-10-15-31(29,30)28-13-11-27(12-14-28)20-8-3-4-9-24-20/h3-9,16H,2,10-15,17H2,1H3,(H2,23,25,26). The van der Waals surface area contributed by atoms with Crippen molar-refractivity contribution in [2.45, 2.75) is 13.5 Å². The number of rotatable bonds is 8. The zero-order valence-corrected chi connectivity index (χ0v) is 18.5. The summed E-state index contributed by atoms with van der Waals surface area (Å²) in [6.45, 7) is 5.20. The van der Waals surface area contributed by atoms with Crippen molar-refractivity contribution >= 4 is 21.8 Å². The molecule has 2 N–H and O–H groups in total. The summed E-state index contributed by atoms with van der Waals surface area (Å²) in [4.78, 5) is 10.8. The Balaban J connectivity index is 1.49. The Labute approximate surface area is 183 Å². The van der Waals surface area contributed by atoms with E-state index < -0.39 is 10.0 Å². The molecule has 8 nitrogen and oxygen atoms in total. The Bertz CT molecular complexity index is 963. The van der Waals surface area contributed by atoms with E-state index in [4.69, 9.17) is 0 Å². The van der Waals surface area contributed by atoms with Gasteiger partial charge in [0.25, 0.3) is 0 Å². The van der Waals surface area contributed by atoms with Gasteiger partial charge >= 0.3 is 0 Å². The largest absolute Gasteiger partial charge is 0.357 e. The zero-order chi connectivity index (χ0) is 22.1. The van der Waals surface area contributed by atoms with Crippen LogP contribution in [0.4, 0.5) is 10.2 Å². The van der Waals surface area contributed by atoms with Gasteiger partial charge in [0.2, 0.25) is 10.0 Å². The second-order valence-electron chi connectivity index (χ2n) is 7.14. The lowest BCUT2D eigenvalue weighted by Gasteiger charge is -2.34. The second-order valence-corrected chi connectivity index (χ2v) is 9.23. The molecule has 10 heteroatoms. The predicted molar refractivity (Wildman–Crippen MR) is 121 cm³/mol. The van der Waals surface area contributed by atoms with E-state index in [0.29, 0.717) is 45.2 Å². The van der Waals surface area contributed by atoms with Crippen molar-refractivity contribution in [3.8, 4) is 0 Å². The molecule has 0 unspecified atom stereocenters. The van der Waals surface area contributed by atoms with E-state index in [9.17, 15) is 12.8 Å². The maximum absolute atomic E-state index is 13.3. The first kappa shape index (κ1) is 23.0. The van der Waals surface area contributed by atoms with Crippen molar-refractivity contribution in [2.75, 3.05) is 49.9 Å². The average Bonchev–Trinajstić information content (AvgIpc) is 2.78. The lowest BCUT2D eigenvalue weighted by molar-refractivity contribution is 0.384. The van der Waals surface area contributed by atoms with Gasteiger partial charge in [-0.15, -0.1) is 0 Å². The van der Waals surface area contributed by atoms with Crippen molar-refractivity contribution in [1.82, 2.24) is 19.9 Å². The maximum Gasteiger partial charge on any atom is 0.215 e. The Morgan fingerprint density at radius 1 is 1.13 bits per heavy atom. The predicted octanol–water partition coefficient (Wildman–Crippen LogP) is 1.43. The number of piperazine rings is 1. The Kier molecular flexibility index (Phi) is 8.19. The molecule has 1 saturated heterocycles. The highest BCUT2D eigenvalue weighted by Gasteiger charge is 2.27. The number of nitrogens with zero attached hydrogens (tertiary/aromatic N) is 4. The number of guanidine groups is 1. The minimum absolute atomic E-state index is 0.0268. The van der Waals surface area contributed by atoms with E-state index in [1.165, 1.54) is 16.4 Å². The number of hydrogen-bond donors (Lipinski definition) is 2. The minimum Gasteiger partial charge on any atom is -0.357 e. The van der Waals surface area contributed by atoms with Crippen LogP contribution in [-0.4, -0.2) is 68.7 Å². The molecule has 0 radical (unpaired) electrons. The number of pyridine rings is 1. The van der Waals surface area contributed by atoms with Crippen LogP contribution in [-0.2, 0) is 16.6 Å². The summed E-state index contributed by atoms with van der Waals surface area (Å²) in [7, 11) is -3.38. The lowest BCUT2D eigenvalue weighted by atomic mass is 10.2. The third-order valence-corrected chi connectivity index (χ3v) is 6.78. The molecule has 0 saturated carbocycles. The highest BCUT2D eigenvalue weighted by atomic mass is 32.2. The van der Waals surface area contributed by atoms with Gasteiger partial charge in [-0.1, -0.05) is 18.2 Å². The van der Waals surface area contributed by atoms with Crippen molar-refractivity contribution in [1.29, 1.82) is 0 Å². The number of hydrogen-bond acceptors (Lipinski definition) is 5. The number of aromatic nitrogens is 1. The summed E-state index contributed by atoms with van der Waals surface area (Å²) < 4.78 is 40.3. The van der Waals surface area contributed by atoms with Crippen LogP contribution in [0.5, 0.6) is 0 Å². The van der Waals surface area contributed by atoms with E-state index in [1.807, 2.05) is 25.1 Å². The number of nitrogens with one attached hydrogen (secondary N) is 2. The summed E-state index contributed by atoms with van der Waals surface area (Å²) in [5.41, 5.74) is 0.746.